The van der Waals surface area contributed by atoms with Crippen molar-refractivity contribution in [3.63, 3.8) is 0 Å². The Labute approximate surface area is 128 Å². The lowest BCUT2D eigenvalue weighted by Gasteiger charge is -2.23. The summed E-state index contributed by atoms with van der Waals surface area (Å²) >= 11 is 0. The van der Waals surface area contributed by atoms with Crippen molar-refractivity contribution in [2.75, 3.05) is 18.4 Å². The normalized spacial score (nSPS) is 18.6. The van der Waals surface area contributed by atoms with E-state index in [2.05, 4.69) is 17.1 Å². The molecule has 0 aliphatic carbocycles. The average molecular weight is 297 g/mol. The smallest absolute Gasteiger partial charge is 0.241 e. The van der Waals surface area contributed by atoms with Gasteiger partial charge in [0.05, 0.1) is 6.04 Å². The molecule has 1 heterocycles. The van der Waals surface area contributed by atoms with Gasteiger partial charge in [-0.1, -0.05) is 31.5 Å². The number of unbranched alkanes of at least 4 members (excludes halogenated alkanes) is 1. The second-order valence-corrected chi connectivity index (χ2v) is 5.35. The maximum atomic E-state index is 12.4. The van der Waals surface area contributed by atoms with Gasteiger partial charge in [-0.15, -0.1) is 12.4 Å². The van der Waals surface area contributed by atoms with E-state index in [0.717, 1.165) is 37.2 Å². The van der Waals surface area contributed by atoms with Gasteiger partial charge in [0.25, 0.3) is 0 Å². The summed E-state index contributed by atoms with van der Waals surface area (Å²) < 4.78 is 0. The van der Waals surface area contributed by atoms with Crippen molar-refractivity contribution in [1.82, 2.24) is 4.90 Å². The summed E-state index contributed by atoms with van der Waals surface area (Å²) in [5.74, 6) is 0.155. The zero-order valence-corrected chi connectivity index (χ0v) is 13.2. The van der Waals surface area contributed by atoms with Crippen molar-refractivity contribution in [2.45, 2.75) is 45.6 Å². The third-order valence-electron chi connectivity index (χ3n) is 3.87. The fraction of sp³-hybridized carbons (Fsp3) is 0.562. The van der Waals surface area contributed by atoms with Gasteiger partial charge in [0.2, 0.25) is 5.91 Å². The maximum Gasteiger partial charge on any atom is 0.241 e. The van der Waals surface area contributed by atoms with Gasteiger partial charge in [-0.05, 0) is 50.9 Å². The Hall–Kier alpha value is -1.06. The van der Waals surface area contributed by atoms with E-state index in [1.54, 1.807) is 0 Å². The monoisotopic (exact) mass is 296 g/mol. The first-order valence-corrected chi connectivity index (χ1v) is 7.33. The summed E-state index contributed by atoms with van der Waals surface area (Å²) in [7, 11) is 0. The van der Waals surface area contributed by atoms with Crippen LogP contribution in [0, 0.1) is 6.92 Å². The molecule has 2 rings (SSSR count). The van der Waals surface area contributed by atoms with Crippen molar-refractivity contribution >= 4 is 24.0 Å². The summed E-state index contributed by atoms with van der Waals surface area (Å²) in [5.41, 5.74) is 2.06. The van der Waals surface area contributed by atoms with Crippen LogP contribution in [-0.2, 0) is 4.79 Å². The van der Waals surface area contributed by atoms with Crippen molar-refractivity contribution in [3.05, 3.63) is 29.8 Å². The van der Waals surface area contributed by atoms with Crippen molar-refractivity contribution < 1.29 is 4.79 Å². The molecule has 1 aliphatic heterocycles. The van der Waals surface area contributed by atoms with Gasteiger partial charge in [0.1, 0.15) is 0 Å². The first-order valence-electron chi connectivity index (χ1n) is 7.33. The molecule has 4 heteroatoms. The van der Waals surface area contributed by atoms with Crippen LogP contribution in [0.5, 0.6) is 0 Å². The van der Waals surface area contributed by atoms with Crippen LogP contribution < -0.4 is 5.32 Å². The van der Waals surface area contributed by atoms with Gasteiger partial charge in [-0.25, -0.2) is 0 Å². The summed E-state index contributed by atoms with van der Waals surface area (Å²) in [6, 6.07) is 8.02. The highest BCUT2D eigenvalue weighted by Crippen LogP contribution is 2.21. The van der Waals surface area contributed by atoms with Gasteiger partial charge >= 0.3 is 0 Å². The minimum atomic E-state index is 0. The molecule has 1 aromatic rings. The molecule has 0 spiro atoms. The zero-order chi connectivity index (χ0) is 13.7. The summed E-state index contributed by atoms with van der Waals surface area (Å²) in [5, 5.41) is 3.08. The van der Waals surface area contributed by atoms with Gasteiger partial charge in [0.15, 0.2) is 0 Å². The van der Waals surface area contributed by atoms with Crippen LogP contribution in [0.25, 0.3) is 0 Å². The SMILES string of the molecule is CCCCN1CCCC1C(=O)Nc1ccccc1C.Cl. The Morgan fingerprint density at radius 2 is 2.15 bits per heavy atom. The van der Waals surface area contributed by atoms with Gasteiger partial charge in [-0.3, -0.25) is 9.69 Å². The molecule has 1 unspecified atom stereocenters. The van der Waals surface area contributed by atoms with Crippen molar-refractivity contribution in [3.8, 4) is 0 Å². The number of hydrogen-bond acceptors (Lipinski definition) is 2. The molecule has 0 saturated carbocycles. The molecule has 112 valence electrons. The number of nitrogens with zero attached hydrogens (tertiary/aromatic N) is 1. The van der Waals surface area contributed by atoms with E-state index in [1.807, 2.05) is 31.2 Å². The number of halogens is 1. The number of para-hydroxylation sites is 1. The Balaban J connectivity index is 0.00000200. The first kappa shape index (κ1) is 17.0. The van der Waals surface area contributed by atoms with E-state index < -0.39 is 0 Å². The average Bonchev–Trinajstić information content (AvgIpc) is 2.87. The largest absolute Gasteiger partial charge is 0.324 e. The molecule has 1 fully saturated rings. The van der Waals surface area contributed by atoms with Gasteiger partial charge in [-0.2, -0.15) is 0 Å². The molecule has 0 radical (unpaired) electrons. The third-order valence-corrected chi connectivity index (χ3v) is 3.87. The van der Waals surface area contributed by atoms with E-state index in [-0.39, 0.29) is 24.4 Å². The standard InChI is InChI=1S/C16H24N2O.ClH/c1-3-4-11-18-12-7-10-15(18)16(19)17-14-9-6-5-8-13(14)2;/h5-6,8-9,15H,3-4,7,10-12H2,1-2H3,(H,17,19);1H. The Bertz CT molecular complexity index is 436. The number of nitrogens with one attached hydrogen (secondary N) is 1. The number of rotatable bonds is 5. The number of carbonyl (C=O) groups is 1. The predicted octanol–water partition coefficient (Wildman–Crippen LogP) is 3.62. The Morgan fingerprint density at radius 1 is 1.40 bits per heavy atom. The molecule has 1 N–H and O–H groups in total. The molecule has 3 nitrogen and oxygen atoms in total. The molecular formula is C16H25ClN2O. The summed E-state index contributed by atoms with van der Waals surface area (Å²) in [6.45, 7) is 6.33. The Morgan fingerprint density at radius 3 is 2.85 bits per heavy atom. The number of likely N-dealkylation sites (tertiary alicyclic amines) is 1. The first-order chi connectivity index (χ1) is 9.22. The summed E-state index contributed by atoms with van der Waals surface area (Å²) in [4.78, 5) is 14.7. The lowest BCUT2D eigenvalue weighted by Crippen LogP contribution is -2.40. The molecule has 0 aromatic heterocycles. The second kappa shape index (κ2) is 8.28. The van der Waals surface area contributed by atoms with Crippen LogP contribution in [0.4, 0.5) is 5.69 Å². The van der Waals surface area contributed by atoms with Gasteiger partial charge in [0, 0.05) is 5.69 Å². The van der Waals surface area contributed by atoms with Crippen LogP contribution in [-0.4, -0.2) is 29.9 Å². The highest BCUT2D eigenvalue weighted by atomic mass is 35.5. The number of carbonyl (C=O) groups excluding carboxylic acids is 1. The van der Waals surface area contributed by atoms with E-state index in [1.165, 1.54) is 12.8 Å². The summed E-state index contributed by atoms with van der Waals surface area (Å²) in [6.07, 6.45) is 4.48. The third kappa shape index (κ3) is 4.22. The van der Waals surface area contributed by atoms with Crippen LogP contribution in [0.15, 0.2) is 24.3 Å². The van der Waals surface area contributed by atoms with Crippen molar-refractivity contribution in [2.24, 2.45) is 0 Å². The molecule has 0 bridgehead atoms. The number of hydrogen-bond donors (Lipinski definition) is 1. The van der Waals surface area contributed by atoms with Crippen LogP contribution in [0.1, 0.15) is 38.2 Å². The molecule has 1 aromatic carbocycles. The highest BCUT2D eigenvalue weighted by molar-refractivity contribution is 5.95. The number of benzene rings is 1. The van der Waals surface area contributed by atoms with E-state index in [4.69, 9.17) is 0 Å². The van der Waals surface area contributed by atoms with Gasteiger partial charge < -0.3 is 5.32 Å². The minimum absolute atomic E-state index is 0. The highest BCUT2D eigenvalue weighted by Gasteiger charge is 2.30. The molecule has 1 saturated heterocycles. The maximum absolute atomic E-state index is 12.4. The van der Waals surface area contributed by atoms with E-state index in [0.29, 0.717) is 0 Å². The lowest BCUT2D eigenvalue weighted by atomic mass is 10.1. The number of aryl methyl sites for hydroxylation is 1. The van der Waals surface area contributed by atoms with Crippen molar-refractivity contribution in [1.29, 1.82) is 0 Å². The number of anilines is 1. The van der Waals surface area contributed by atoms with Crippen LogP contribution >= 0.6 is 12.4 Å². The molecule has 1 atom stereocenters. The molecule has 1 amide bonds. The minimum Gasteiger partial charge on any atom is -0.324 e. The van der Waals surface area contributed by atoms with E-state index >= 15 is 0 Å². The fourth-order valence-electron chi connectivity index (χ4n) is 2.68. The van der Waals surface area contributed by atoms with Crippen LogP contribution in [0.2, 0.25) is 0 Å². The zero-order valence-electron chi connectivity index (χ0n) is 12.4. The number of amides is 1. The second-order valence-electron chi connectivity index (χ2n) is 5.35. The fourth-order valence-corrected chi connectivity index (χ4v) is 2.68. The van der Waals surface area contributed by atoms with E-state index in [9.17, 15) is 4.79 Å². The topological polar surface area (TPSA) is 32.3 Å². The lowest BCUT2D eigenvalue weighted by molar-refractivity contribution is -0.120. The molecular weight excluding hydrogens is 272 g/mol. The molecule has 20 heavy (non-hydrogen) atoms. The van der Waals surface area contributed by atoms with Crippen LogP contribution in [0.3, 0.4) is 0 Å². The quantitative estimate of drug-likeness (QED) is 0.900. The Kier molecular flexibility index (Phi) is 7.03. The predicted molar refractivity (Wildman–Crippen MR) is 86.6 cm³/mol. The molecule has 1 aliphatic rings.